The first-order chi connectivity index (χ1) is 11.0. The van der Waals surface area contributed by atoms with Crippen LogP contribution in [-0.4, -0.2) is 24.3 Å². The van der Waals surface area contributed by atoms with E-state index in [0.29, 0.717) is 16.1 Å². The minimum atomic E-state index is -0.634. The van der Waals surface area contributed by atoms with Crippen LogP contribution < -0.4 is 15.8 Å². The predicted octanol–water partition coefficient (Wildman–Crippen LogP) is 1.77. The summed E-state index contributed by atoms with van der Waals surface area (Å²) in [5, 5.41) is 2.79. The Kier molecular flexibility index (Phi) is 5.32. The Bertz CT molecular complexity index is 744. The van der Waals surface area contributed by atoms with Crippen LogP contribution in [0.2, 0.25) is 5.02 Å². The standard InChI is InChI=1S/C16H13ClN2O4/c17-12-3-1-2-11(8-12)16(22)23-13-6-4-10(5-7-13)15(21)19-9-14(18)20/h1-8H,9H2,(H2,18,20)(H,19,21). The molecule has 2 rings (SSSR count). The predicted molar refractivity (Wildman–Crippen MR) is 84.4 cm³/mol. The number of benzene rings is 2. The molecule has 2 amide bonds. The average Bonchev–Trinajstić information content (AvgIpc) is 2.53. The van der Waals surface area contributed by atoms with Gasteiger partial charge in [-0.2, -0.15) is 0 Å². The highest BCUT2D eigenvalue weighted by atomic mass is 35.5. The number of hydrogen-bond donors (Lipinski definition) is 2. The lowest BCUT2D eigenvalue weighted by atomic mass is 10.2. The summed E-state index contributed by atoms with van der Waals surface area (Å²) in [6.07, 6.45) is 0. The van der Waals surface area contributed by atoms with E-state index in [0.717, 1.165) is 0 Å². The highest BCUT2D eigenvalue weighted by Gasteiger charge is 2.10. The van der Waals surface area contributed by atoms with E-state index < -0.39 is 17.8 Å². The molecule has 0 unspecified atom stereocenters. The van der Waals surface area contributed by atoms with Gasteiger partial charge in [0.1, 0.15) is 5.75 Å². The number of ether oxygens (including phenoxy) is 1. The topological polar surface area (TPSA) is 98.5 Å². The molecule has 0 heterocycles. The van der Waals surface area contributed by atoms with E-state index in [2.05, 4.69) is 5.32 Å². The first kappa shape index (κ1) is 16.5. The first-order valence-corrected chi connectivity index (χ1v) is 6.98. The quantitative estimate of drug-likeness (QED) is 0.644. The largest absolute Gasteiger partial charge is 0.423 e. The maximum atomic E-state index is 12.0. The van der Waals surface area contributed by atoms with Crippen LogP contribution in [0.3, 0.4) is 0 Å². The Morgan fingerprint density at radius 3 is 2.35 bits per heavy atom. The molecule has 0 aliphatic rings. The number of hydrogen-bond acceptors (Lipinski definition) is 4. The number of nitrogens with one attached hydrogen (secondary N) is 1. The Balaban J connectivity index is 2.01. The van der Waals surface area contributed by atoms with E-state index in [1.54, 1.807) is 18.2 Å². The fourth-order valence-electron chi connectivity index (χ4n) is 1.73. The van der Waals surface area contributed by atoms with Crippen LogP contribution in [0.1, 0.15) is 20.7 Å². The summed E-state index contributed by atoms with van der Waals surface area (Å²) in [6.45, 7) is -0.246. The van der Waals surface area contributed by atoms with Gasteiger partial charge in [-0.25, -0.2) is 4.79 Å². The molecule has 0 bridgehead atoms. The van der Waals surface area contributed by atoms with E-state index >= 15 is 0 Å². The smallest absolute Gasteiger partial charge is 0.343 e. The lowest BCUT2D eigenvalue weighted by molar-refractivity contribution is -0.117. The third-order valence-corrected chi connectivity index (χ3v) is 3.05. The molecule has 7 heteroatoms. The summed E-state index contributed by atoms with van der Waals surface area (Å²) in [5.74, 6) is -1.36. The van der Waals surface area contributed by atoms with Crippen molar-refractivity contribution in [3.8, 4) is 5.75 Å². The number of amides is 2. The molecule has 2 aromatic rings. The van der Waals surface area contributed by atoms with Crippen molar-refractivity contribution >= 4 is 29.4 Å². The Morgan fingerprint density at radius 1 is 1.04 bits per heavy atom. The molecule has 6 nitrogen and oxygen atoms in total. The fraction of sp³-hybridized carbons (Fsp3) is 0.0625. The molecular formula is C16H13ClN2O4. The summed E-state index contributed by atoms with van der Waals surface area (Å²) in [4.78, 5) is 34.3. The highest BCUT2D eigenvalue weighted by molar-refractivity contribution is 6.30. The van der Waals surface area contributed by atoms with Gasteiger partial charge < -0.3 is 15.8 Å². The molecule has 0 aliphatic heterocycles. The number of nitrogens with two attached hydrogens (primary N) is 1. The molecule has 0 aliphatic carbocycles. The molecule has 3 N–H and O–H groups in total. The van der Waals surface area contributed by atoms with E-state index in [-0.39, 0.29) is 12.3 Å². The lowest BCUT2D eigenvalue weighted by Crippen LogP contribution is -2.33. The Hall–Kier alpha value is -2.86. The maximum absolute atomic E-state index is 12.0. The maximum Gasteiger partial charge on any atom is 0.343 e. The average molecular weight is 333 g/mol. The van der Waals surface area contributed by atoms with E-state index in [1.807, 2.05) is 0 Å². The monoisotopic (exact) mass is 332 g/mol. The summed E-state index contributed by atoms with van der Waals surface area (Å²) in [5.41, 5.74) is 5.58. The second-order valence-corrected chi connectivity index (χ2v) is 5.01. The van der Waals surface area contributed by atoms with Crippen LogP contribution in [0, 0.1) is 0 Å². The minimum Gasteiger partial charge on any atom is -0.423 e. The van der Waals surface area contributed by atoms with E-state index in [9.17, 15) is 14.4 Å². The van der Waals surface area contributed by atoms with Crippen molar-refractivity contribution in [1.82, 2.24) is 5.32 Å². The SMILES string of the molecule is NC(=O)CNC(=O)c1ccc(OC(=O)c2cccc(Cl)c2)cc1. The first-order valence-electron chi connectivity index (χ1n) is 6.60. The summed E-state index contributed by atoms with van der Waals surface area (Å²) in [6, 6.07) is 12.3. The van der Waals surface area contributed by atoms with Crippen LogP contribution in [0.15, 0.2) is 48.5 Å². The number of carbonyl (C=O) groups excluding carboxylic acids is 3. The van der Waals surface area contributed by atoms with Crippen molar-refractivity contribution in [2.24, 2.45) is 5.73 Å². The molecule has 23 heavy (non-hydrogen) atoms. The molecule has 118 valence electrons. The summed E-state index contributed by atoms with van der Waals surface area (Å²) in [7, 11) is 0. The van der Waals surface area contributed by atoms with Crippen molar-refractivity contribution in [2.75, 3.05) is 6.54 Å². The van der Waals surface area contributed by atoms with Crippen LogP contribution in [0.4, 0.5) is 0 Å². The van der Waals surface area contributed by atoms with Crippen molar-refractivity contribution in [2.45, 2.75) is 0 Å². The van der Waals surface area contributed by atoms with Crippen molar-refractivity contribution in [1.29, 1.82) is 0 Å². The summed E-state index contributed by atoms with van der Waals surface area (Å²) < 4.78 is 5.18. The normalized spacial score (nSPS) is 9.96. The third kappa shape index (κ3) is 4.82. The molecule has 0 atom stereocenters. The van der Waals surface area contributed by atoms with Gasteiger partial charge in [0, 0.05) is 10.6 Å². The van der Waals surface area contributed by atoms with Crippen LogP contribution in [0.5, 0.6) is 5.75 Å². The van der Waals surface area contributed by atoms with Gasteiger partial charge in [-0.3, -0.25) is 9.59 Å². The minimum absolute atomic E-state index is 0.246. The van der Waals surface area contributed by atoms with Gasteiger partial charge in [-0.15, -0.1) is 0 Å². The van der Waals surface area contributed by atoms with Crippen LogP contribution in [0.25, 0.3) is 0 Å². The number of rotatable bonds is 5. The Morgan fingerprint density at radius 2 is 1.74 bits per heavy atom. The zero-order valence-corrected chi connectivity index (χ0v) is 12.7. The molecule has 2 aromatic carbocycles. The molecule has 0 fully saturated rings. The fourth-order valence-corrected chi connectivity index (χ4v) is 1.92. The third-order valence-electron chi connectivity index (χ3n) is 2.81. The molecule has 0 spiro atoms. The zero-order valence-electron chi connectivity index (χ0n) is 11.9. The number of primary amides is 1. The van der Waals surface area contributed by atoms with E-state index in [1.165, 1.54) is 30.3 Å². The van der Waals surface area contributed by atoms with Crippen molar-refractivity contribution < 1.29 is 19.1 Å². The summed E-state index contributed by atoms with van der Waals surface area (Å²) >= 11 is 5.81. The molecule has 0 saturated heterocycles. The van der Waals surface area contributed by atoms with Gasteiger partial charge in [0.15, 0.2) is 0 Å². The van der Waals surface area contributed by atoms with E-state index in [4.69, 9.17) is 22.1 Å². The van der Waals surface area contributed by atoms with Crippen molar-refractivity contribution in [3.63, 3.8) is 0 Å². The Labute approximate surface area is 137 Å². The number of carbonyl (C=O) groups is 3. The lowest BCUT2D eigenvalue weighted by Gasteiger charge is -2.06. The van der Waals surface area contributed by atoms with Gasteiger partial charge >= 0.3 is 5.97 Å². The van der Waals surface area contributed by atoms with Crippen LogP contribution in [-0.2, 0) is 4.79 Å². The second-order valence-electron chi connectivity index (χ2n) is 4.57. The van der Waals surface area contributed by atoms with Gasteiger partial charge in [-0.1, -0.05) is 17.7 Å². The highest BCUT2D eigenvalue weighted by Crippen LogP contribution is 2.16. The van der Waals surface area contributed by atoms with Gasteiger partial charge in [-0.05, 0) is 42.5 Å². The van der Waals surface area contributed by atoms with Crippen LogP contribution >= 0.6 is 11.6 Å². The van der Waals surface area contributed by atoms with Crippen molar-refractivity contribution in [3.05, 3.63) is 64.7 Å². The molecule has 0 radical (unpaired) electrons. The van der Waals surface area contributed by atoms with Gasteiger partial charge in [0.05, 0.1) is 12.1 Å². The second kappa shape index (κ2) is 7.42. The molecule has 0 aromatic heterocycles. The number of esters is 1. The van der Waals surface area contributed by atoms with Gasteiger partial charge in [0.2, 0.25) is 5.91 Å². The van der Waals surface area contributed by atoms with Gasteiger partial charge in [0.25, 0.3) is 5.91 Å². The zero-order chi connectivity index (χ0) is 16.8. The number of halogens is 1. The molecular weight excluding hydrogens is 320 g/mol. The molecule has 0 saturated carbocycles.